The Balaban J connectivity index is 2.47. The fraction of sp³-hybridized carbons (Fsp3) is 0. The Hall–Kier alpha value is -1.51. The van der Waals surface area contributed by atoms with E-state index in [-0.39, 0.29) is 15.9 Å². The maximum atomic E-state index is 11.0. The zero-order valence-corrected chi connectivity index (χ0v) is 9.49. The Morgan fingerprint density at radius 3 is 2.69 bits per heavy atom. The van der Waals surface area contributed by atoms with Crippen LogP contribution >= 0.6 is 11.5 Å². The minimum absolute atomic E-state index is 0.0597. The molecule has 0 radical (unpaired) electrons. The molecule has 0 spiro atoms. The predicted molar refractivity (Wildman–Crippen MR) is 58.4 cm³/mol. The number of primary sulfonamides is 1. The molecule has 0 fully saturated rings. The maximum absolute atomic E-state index is 11.0. The first-order valence-electron chi connectivity index (χ1n) is 4.13. The van der Waals surface area contributed by atoms with E-state index >= 15 is 0 Å². The van der Waals surface area contributed by atoms with Gasteiger partial charge in [-0.25, -0.2) is 18.5 Å². The molecule has 2 aromatic rings. The summed E-state index contributed by atoms with van der Waals surface area (Å²) in [5.74, 6) is 0.286. The van der Waals surface area contributed by atoms with Crippen LogP contribution in [0.4, 0.5) is 0 Å². The van der Waals surface area contributed by atoms with Crippen molar-refractivity contribution in [3.63, 3.8) is 0 Å². The van der Waals surface area contributed by atoms with Gasteiger partial charge in [0.25, 0.3) is 10.0 Å². The number of hydrogen-bond acceptors (Lipinski definition) is 6. The van der Waals surface area contributed by atoms with E-state index in [1.54, 1.807) is 12.1 Å². The van der Waals surface area contributed by atoms with Gasteiger partial charge in [-0.05, 0) is 23.7 Å². The normalized spacial score (nSPS) is 11.6. The highest BCUT2D eigenvalue weighted by atomic mass is 32.2. The lowest BCUT2D eigenvalue weighted by Gasteiger charge is -1.95. The first-order chi connectivity index (χ1) is 7.47. The fourth-order valence-corrected chi connectivity index (χ4v) is 2.27. The molecule has 0 aliphatic rings. The van der Waals surface area contributed by atoms with Gasteiger partial charge < -0.3 is 5.11 Å². The molecule has 0 bridgehead atoms. The molecule has 8 heteroatoms. The second-order valence-electron chi connectivity index (χ2n) is 2.98. The molecule has 0 aliphatic heterocycles. The van der Waals surface area contributed by atoms with Crippen molar-refractivity contribution < 1.29 is 13.5 Å². The number of hydrogen-bond donors (Lipinski definition) is 2. The SMILES string of the molecule is NS(=O)(=O)c1nc(-c2cccc(O)c2)ns1. The molecule has 16 heavy (non-hydrogen) atoms. The highest BCUT2D eigenvalue weighted by molar-refractivity contribution is 7.91. The summed E-state index contributed by atoms with van der Waals surface area (Å²) in [7, 11) is -3.82. The van der Waals surface area contributed by atoms with Gasteiger partial charge in [0.1, 0.15) is 5.75 Å². The number of phenols is 1. The van der Waals surface area contributed by atoms with E-state index in [9.17, 15) is 13.5 Å². The van der Waals surface area contributed by atoms with E-state index in [1.807, 2.05) is 0 Å². The van der Waals surface area contributed by atoms with E-state index in [0.717, 1.165) is 0 Å². The zero-order valence-electron chi connectivity index (χ0n) is 7.86. The van der Waals surface area contributed by atoms with E-state index in [2.05, 4.69) is 9.36 Å². The number of aromatic nitrogens is 2. The van der Waals surface area contributed by atoms with Gasteiger partial charge in [-0.15, -0.1) is 0 Å². The molecule has 84 valence electrons. The summed E-state index contributed by atoms with van der Waals surface area (Å²) in [6.45, 7) is 0. The third-order valence-corrected chi connectivity index (χ3v) is 3.77. The monoisotopic (exact) mass is 257 g/mol. The third-order valence-electron chi connectivity index (χ3n) is 1.76. The minimum Gasteiger partial charge on any atom is -0.508 e. The van der Waals surface area contributed by atoms with E-state index in [1.165, 1.54) is 12.1 Å². The van der Waals surface area contributed by atoms with Crippen LogP contribution in [0.3, 0.4) is 0 Å². The molecule has 0 saturated heterocycles. The molecule has 2 rings (SSSR count). The Morgan fingerprint density at radius 2 is 2.12 bits per heavy atom. The summed E-state index contributed by atoms with van der Waals surface area (Å²) in [6, 6.07) is 6.21. The highest BCUT2D eigenvalue weighted by Crippen LogP contribution is 2.23. The number of benzene rings is 1. The van der Waals surface area contributed by atoms with Gasteiger partial charge in [-0.3, -0.25) is 0 Å². The van der Waals surface area contributed by atoms with Gasteiger partial charge in [0.15, 0.2) is 5.82 Å². The average molecular weight is 257 g/mol. The summed E-state index contributed by atoms with van der Waals surface area (Å²) < 4.78 is 25.6. The zero-order chi connectivity index (χ0) is 11.8. The summed E-state index contributed by atoms with van der Waals surface area (Å²) >= 11 is 0.701. The van der Waals surface area contributed by atoms with Gasteiger partial charge in [-0.1, -0.05) is 12.1 Å². The molecule has 0 unspecified atom stereocenters. The molecule has 6 nitrogen and oxygen atoms in total. The minimum atomic E-state index is -3.82. The first-order valence-corrected chi connectivity index (χ1v) is 6.45. The summed E-state index contributed by atoms with van der Waals surface area (Å²) in [5.41, 5.74) is 0.533. The molecule has 3 N–H and O–H groups in total. The van der Waals surface area contributed by atoms with Crippen molar-refractivity contribution in [2.24, 2.45) is 5.14 Å². The number of phenolic OH excluding ortho intramolecular Hbond substituents is 1. The smallest absolute Gasteiger partial charge is 0.266 e. The van der Waals surface area contributed by atoms with Crippen LogP contribution in [0.2, 0.25) is 0 Å². The lowest BCUT2D eigenvalue weighted by molar-refractivity contribution is 0.475. The van der Waals surface area contributed by atoms with Crippen LogP contribution < -0.4 is 5.14 Å². The van der Waals surface area contributed by atoms with Crippen molar-refractivity contribution in [1.82, 2.24) is 9.36 Å². The van der Waals surface area contributed by atoms with Crippen LogP contribution in [-0.4, -0.2) is 22.9 Å². The molecular formula is C8H7N3O3S2. The van der Waals surface area contributed by atoms with Crippen LogP contribution in [0, 0.1) is 0 Å². The van der Waals surface area contributed by atoms with Gasteiger partial charge in [0, 0.05) is 5.56 Å². The highest BCUT2D eigenvalue weighted by Gasteiger charge is 2.15. The Morgan fingerprint density at radius 1 is 1.38 bits per heavy atom. The van der Waals surface area contributed by atoms with Gasteiger partial charge in [0.05, 0.1) is 0 Å². The molecule has 1 aromatic carbocycles. The van der Waals surface area contributed by atoms with Crippen LogP contribution in [-0.2, 0) is 10.0 Å². The second-order valence-corrected chi connectivity index (χ2v) is 5.47. The standard InChI is InChI=1S/C8H7N3O3S2/c9-16(13,14)8-10-7(11-15-8)5-2-1-3-6(12)4-5/h1-4,12H,(H2,9,13,14). The largest absolute Gasteiger partial charge is 0.508 e. The quantitative estimate of drug-likeness (QED) is 0.817. The maximum Gasteiger partial charge on any atom is 0.266 e. The third kappa shape index (κ3) is 2.18. The number of nitrogens with zero attached hydrogens (tertiary/aromatic N) is 2. The fourth-order valence-electron chi connectivity index (χ4n) is 1.09. The summed E-state index contributed by atoms with van der Waals surface area (Å²) in [6.07, 6.45) is 0. The predicted octanol–water partition coefficient (Wildman–Crippen LogP) is 0.558. The van der Waals surface area contributed by atoms with E-state index < -0.39 is 10.0 Å². The van der Waals surface area contributed by atoms with Crippen LogP contribution in [0.5, 0.6) is 5.75 Å². The van der Waals surface area contributed by atoms with Crippen LogP contribution in [0.25, 0.3) is 11.4 Å². The van der Waals surface area contributed by atoms with Crippen LogP contribution in [0.1, 0.15) is 0 Å². The lowest BCUT2D eigenvalue weighted by Crippen LogP contribution is -2.11. The van der Waals surface area contributed by atoms with Crippen molar-refractivity contribution in [2.75, 3.05) is 0 Å². The number of aromatic hydroxyl groups is 1. The molecule has 1 heterocycles. The van der Waals surface area contributed by atoms with Crippen molar-refractivity contribution in [1.29, 1.82) is 0 Å². The van der Waals surface area contributed by atoms with Gasteiger partial charge >= 0.3 is 0 Å². The number of nitrogens with two attached hydrogens (primary N) is 1. The van der Waals surface area contributed by atoms with Crippen LogP contribution in [0.15, 0.2) is 28.6 Å². The van der Waals surface area contributed by atoms with Crippen molar-refractivity contribution in [3.8, 4) is 17.1 Å². The Labute approximate surface area is 95.6 Å². The van der Waals surface area contributed by atoms with Crippen molar-refractivity contribution in [3.05, 3.63) is 24.3 Å². The van der Waals surface area contributed by atoms with Crippen molar-refractivity contribution in [2.45, 2.75) is 4.34 Å². The topological polar surface area (TPSA) is 106 Å². The van der Waals surface area contributed by atoms with Gasteiger partial charge in [-0.2, -0.15) is 4.37 Å². The molecule has 0 amide bonds. The molecule has 0 atom stereocenters. The Bertz CT molecular complexity index is 621. The number of sulfonamides is 1. The van der Waals surface area contributed by atoms with E-state index in [4.69, 9.17) is 5.14 Å². The number of rotatable bonds is 2. The molecule has 0 saturated carbocycles. The Kier molecular flexibility index (Phi) is 2.62. The first kappa shape index (κ1) is 11.0. The van der Waals surface area contributed by atoms with Crippen molar-refractivity contribution >= 4 is 21.6 Å². The van der Waals surface area contributed by atoms with E-state index in [0.29, 0.717) is 17.1 Å². The average Bonchev–Trinajstić information content (AvgIpc) is 2.65. The van der Waals surface area contributed by atoms with Gasteiger partial charge in [0.2, 0.25) is 4.34 Å². The molecular weight excluding hydrogens is 250 g/mol. The lowest BCUT2D eigenvalue weighted by atomic mass is 10.2. The second kappa shape index (κ2) is 3.81. The molecule has 1 aromatic heterocycles. The summed E-state index contributed by atoms with van der Waals surface area (Å²) in [4.78, 5) is 3.78. The molecule has 0 aliphatic carbocycles. The summed E-state index contributed by atoms with van der Waals surface area (Å²) in [5, 5.41) is 14.2.